The number of carbonyl (C=O) groups is 1. The molecule has 1 unspecified atom stereocenters. The van der Waals surface area contributed by atoms with E-state index in [0.717, 1.165) is 18.7 Å². The largest absolute Gasteiger partial charge is 0.351 e. The predicted molar refractivity (Wildman–Crippen MR) is 97.6 cm³/mol. The van der Waals surface area contributed by atoms with Crippen molar-refractivity contribution in [2.24, 2.45) is 0 Å². The zero-order valence-electron chi connectivity index (χ0n) is 14.4. The van der Waals surface area contributed by atoms with Crippen LogP contribution in [0, 0.1) is 0 Å². The van der Waals surface area contributed by atoms with Gasteiger partial charge in [-0.05, 0) is 37.7 Å². The van der Waals surface area contributed by atoms with Gasteiger partial charge in [-0.1, -0.05) is 43.0 Å². The fourth-order valence-electron chi connectivity index (χ4n) is 2.15. The van der Waals surface area contributed by atoms with E-state index in [1.807, 2.05) is 19.1 Å². The summed E-state index contributed by atoms with van der Waals surface area (Å²) in [7, 11) is 2.10. The molecule has 2 aromatic rings. The van der Waals surface area contributed by atoms with Crippen molar-refractivity contribution in [1.82, 2.24) is 20.2 Å². The Morgan fingerprint density at radius 3 is 2.67 bits per heavy atom. The monoisotopic (exact) mass is 344 g/mol. The Labute approximate surface area is 147 Å². The second kappa shape index (κ2) is 9.39. The molecule has 128 valence electrons. The van der Waals surface area contributed by atoms with Crippen LogP contribution in [0.4, 0.5) is 0 Å². The number of benzene rings is 1. The third kappa shape index (κ3) is 5.94. The van der Waals surface area contributed by atoms with Gasteiger partial charge in [0, 0.05) is 25.5 Å². The second-order valence-corrected chi connectivity index (χ2v) is 6.97. The summed E-state index contributed by atoms with van der Waals surface area (Å²) < 4.78 is 0. The molecular formula is C18H24N4OS. The average molecular weight is 344 g/mol. The second-order valence-electron chi connectivity index (χ2n) is 5.66. The maximum absolute atomic E-state index is 12.2. The van der Waals surface area contributed by atoms with Gasteiger partial charge in [-0.3, -0.25) is 4.79 Å². The molecule has 0 radical (unpaired) electrons. The first-order chi connectivity index (χ1) is 11.6. The maximum Gasteiger partial charge on any atom is 0.233 e. The van der Waals surface area contributed by atoms with E-state index in [1.165, 1.54) is 17.3 Å². The fourth-order valence-corrected chi connectivity index (χ4v) is 2.90. The van der Waals surface area contributed by atoms with Gasteiger partial charge in [-0.2, -0.15) is 0 Å². The van der Waals surface area contributed by atoms with E-state index in [-0.39, 0.29) is 11.2 Å². The molecule has 1 aromatic carbocycles. The summed E-state index contributed by atoms with van der Waals surface area (Å²) in [4.78, 5) is 22.7. The standard InChI is InChI=1S/C18H24N4OS/c1-4-22(3)13-16-8-5-7-15(11-16)12-21-17(23)14(2)24-18-19-9-6-10-20-18/h5-11,14H,4,12-13H2,1-3H3,(H,21,23). The number of aromatic nitrogens is 2. The number of hydrogen-bond acceptors (Lipinski definition) is 5. The smallest absolute Gasteiger partial charge is 0.233 e. The lowest BCUT2D eigenvalue weighted by Gasteiger charge is -2.15. The first-order valence-electron chi connectivity index (χ1n) is 8.06. The molecule has 2 rings (SSSR count). The fraction of sp³-hybridized carbons (Fsp3) is 0.389. The normalized spacial score (nSPS) is 12.2. The summed E-state index contributed by atoms with van der Waals surface area (Å²) in [5.74, 6) is -0.0106. The van der Waals surface area contributed by atoms with Crippen molar-refractivity contribution in [2.45, 2.75) is 37.3 Å². The van der Waals surface area contributed by atoms with Crippen LogP contribution in [0.25, 0.3) is 0 Å². The Bertz CT molecular complexity index is 650. The van der Waals surface area contributed by atoms with Crippen LogP contribution in [0.15, 0.2) is 47.9 Å². The lowest BCUT2D eigenvalue weighted by Crippen LogP contribution is -2.30. The van der Waals surface area contributed by atoms with Gasteiger partial charge < -0.3 is 10.2 Å². The molecule has 1 amide bonds. The van der Waals surface area contributed by atoms with Crippen LogP contribution in [0.1, 0.15) is 25.0 Å². The molecule has 0 saturated carbocycles. The molecule has 0 spiro atoms. The Morgan fingerprint density at radius 1 is 1.25 bits per heavy atom. The zero-order valence-corrected chi connectivity index (χ0v) is 15.2. The van der Waals surface area contributed by atoms with Crippen LogP contribution >= 0.6 is 11.8 Å². The van der Waals surface area contributed by atoms with Gasteiger partial charge in [0.25, 0.3) is 0 Å². The first kappa shape index (κ1) is 18.4. The van der Waals surface area contributed by atoms with Crippen LogP contribution in [0.5, 0.6) is 0 Å². The number of rotatable bonds is 8. The van der Waals surface area contributed by atoms with E-state index in [1.54, 1.807) is 18.5 Å². The van der Waals surface area contributed by atoms with Gasteiger partial charge in [0.05, 0.1) is 5.25 Å². The number of hydrogen-bond donors (Lipinski definition) is 1. The van der Waals surface area contributed by atoms with Gasteiger partial charge in [0.2, 0.25) is 5.91 Å². The number of nitrogens with one attached hydrogen (secondary N) is 1. The van der Waals surface area contributed by atoms with E-state index in [4.69, 9.17) is 0 Å². The zero-order chi connectivity index (χ0) is 17.4. The molecule has 1 N–H and O–H groups in total. The molecule has 0 aliphatic carbocycles. The minimum Gasteiger partial charge on any atom is -0.351 e. The van der Waals surface area contributed by atoms with Crippen molar-refractivity contribution in [3.63, 3.8) is 0 Å². The molecule has 1 aromatic heterocycles. The summed E-state index contributed by atoms with van der Waals surface area (Å²) in [6.07, 6.45) is 3.36. The summed E-state index contributed by atoms with van der Waals surface area (Å²) in [5, 5.41) is 3.37. The number of carbonyl (C=O) groups excluding carboxylic acids is 1. The molecule has 24 heavy (non-hydrogen) atoms. The molecule has 5 nitrogen and oxygen atoms in total. The van der Waals surface area contributed by atoms with Crippen molar-refractivity contribution in [1.29, 1.82) is 0 Å². The first-order valence-corrected chi connectivity index (χ1v) is 8.94. The average Bonchev–Trinajstić information content (AvgIpc) is 2.60. The van der Waals surface area contributed by atoms with Crippen molar-refractivity contribution >= 4 is 17.7 Å². The Kier molecular flexibility index (Phi) is 7.21. The molecule has 0 saturated heterocycles. The molecule has 0 fully saturated rings. The van der Waals surface area contributed by atoms with Gasteiger partial charge in [0.15, 0.2) is 5.16 Å². The number of amides is 1. The molecule has 6 heteroatoms. The van der Waals surface area contributed by atoms with Crippen LogP contribution in [0.3, 0.4) is 0 Å². The summed E-state index contributed by atoms with van der Waals surface area (Å²) in [6, 6.07) is 10.1. The number of thioether (sulfide) groups is 1. The Hall–Kier alpha value is -1.92. The summed E-state index contributed by atoms with van der Waals surface area (Å²) >= 11 is 1.36. The third-order valence-corrected chi connectivity index (χ3v) is 4.63. The summed E-state index contributed by atoms with van der Waals surface area (Å²) in [5.41, 5.74) is 2.37. The minimum absolute atomic E-state index is 0.0106. The summed E-state index contributed by atoms with van der Waals surface area (Å²) in [6.45, 7) is 6.46. The van der Waals surface area contributed by atoms with Crippen LogP contribution in [0.2, 0.25) is 0 Å². The number of nitrogens with zero attached hydrogens (tertiary/aromatic N) is 3. The highest BCUT2D eigenvalue weighted by Crippen LogP contribution is 2.18. The van der Waals surface area contributed by atoms with Crippen molar-refractivity contribution in [2.75, 3.05) is 13.6 Å². The molecule has 0 bridgehead atoms. The topological polar surface area (TPSA) is 58.1 Å². The Morgan fingerprint density at radius 2 is 1.96 bits per heavy atom. The van der Waals surface area contributed by atoms with Gasteiger partial charge in [-0.25, -0.2) is 9.97 Å². The highest BCUT2D eigenvalue weighted by Gasteiger charge is 2.15. The lowest BCUT2D eigenvalue weighted by molar-refractivity contribution is -0.120. The van der Waals surface area contributed by atoms with Crippen molar-refractivity contribution in [3.8, 4) is 0 Å². The van der Waals surface area contributed by atoms with Gasteiger partial charge >= 0.3 is 0 Å². The quantitative estimate of drug-likeness (QED) is 0.589. The molecule has 0 aliphatic rings. The van der Waals surface area contributed by atoms with Gasteiger partial charge in [0.1, 0.15) is 0 Å². The van der Waals surface area contributed by atoms with E-state index in [9.17, 15) is 4.79 Å². The lowest BCUT2D eigenvalue weighted by atomic mass is 10.1. The third-order valence-electron chi connectivity index (χ3n) is 3.64. The molecule has 1 heterocycles. The SMILES string of the molecule is CCN(C)Cc1cccc(CNC(=O)C(C)Sc2ncccn2)c1. The van der Waals surface area contributed by atoms with E-state index >= 15 is 0 Å². The van der Waals surface area contributed by atoms with E-state index in [2.05, 4.69) is 46.3 Å². The maximum atomic E-state index is 12.2. The Balaban J connectivity index is 1.86. The van der Waals surface area contributed by atoms with Gasteiger partial charge in [-0.15, -0.1) is 0 Å². The highest BCUT2D eigenvalue weighted by molar-refractivity contribution is 8.00. The van der Waals surface area contributed by atoms with Crippen molar-refractivity contribution in [3.05, 3.63) is 53.9 Å². The highest BCUT2D eigenvalue weighted by atomic mass is 32.2. The molecule has 0 aliphatic heterocycles. The van der Waals surface area contributed by atoms with Crippen LogP contribution < -0.4 is 5.32 Å². The van der Waals surface area contributed by atoms with Crippen molar-refractivity contribution < 1.29 is 4.79 Å². The van der Waals surface area contributed by atoms with E-state index < -0.39 is 0 Å². The van der Waals surface area contributed by atoms with Crippen LogP contribution in [-0.2, 0) is 17.9 Å². The molecule has 1 atom stereocenters. The molecular weight excluding hydrogens is 320 g/mol. The van der Waals surface area contributed by atoms with Crippen LogP contribution in [-0.4, -0.2) is 39.6 Å². The predicted octanol–water partition coefficient (Wildman–Crippen LogP) is 2.73. The van der Waals surface area contributed by atoms with E-state index in [0.29, 0.717) is 11.7 Å². The minimum atomic E-state index is -0.234.